The van der Waals surface area contributed by atoms with Gasteiger partial charge in [-0.3, -0.25) is 14.3 Å². The molecule has 0 saturated carbocycles. The van der Waals surface area contributed by atoms with Crippen molar-refractivity contribution in [3.05, 3.63) is 34.9 Å². The highest BCUT2D eigenvalue weighted by molar-refractivity contribution is 8.12. The summed E-state index contributed by atoms with van der Waals surface area (Å²) >= 11 is 6.43. The number of carbonyl (C=O) groups is 2. The van der Waals surface area contributed by atoms with E-state index in [0.717, 1.165) is 11.9 Å². The first kappa shape index (κ1) is 12.9. The van der Waals surface area contributed by atoms with Gasteiger partial charge in [0, 0.05) is 24.7 Å². The molecule has 4 nitrogen and oxygen atoms in total. The normalized spacial score (nSPS) is 9.69. The van der Waals surface area contributed by atoms with Crippen molar-refractivity contribution in [1.29, 1.82) is 0 Å². The van der Waals surface area contributed by atoms with Crippen LogP contribution < -0.4 is 4.72 Å². The minimum absolute atomic E-state index is 0.234. The summed E-state index contributed by atoms with van der Waals surface area (Å²) in [4.78, 5) is 24.1. The van der Waals surface area contributed by atoms with E-state index in [1.807, 2.05) is 0 Å². The Morgan fingerprint density at radius 3 is 2.31 bits per heavy atom. The summed E-state index contributed by atoms with van der Waals surface area (Å²) in [5.41, 5.74) is 0.462. The minimum Gasteiger partial charge on any atom is -0.338 e. The van der Waals surface area contributed by atoms with E-state index in [0.29, 0.717) is 10.6 Å². The predicted octanol–water partition coefficient (Wildman–Crippen LogP) is 2.40. The Balaban J connectivity index is 2.53. The van der Waals surface area contributed by atoms with Gasteiger partial charge in [-0.15, -0.1) is 0 Å². The third-order valence-corrected chi connectivity index (χ3v) is 2.78. The summed E-state index contributed by atoms with van der Waals surface area (Å²) < 4.78 is 2.44. The van der Waals surface area contributed by atoms with Crippen LogP contribution in [0.3, 0.4) is 0 Å². The molecule has 1 aromatic carbocycles. The van der Waals surface area contributed by atoms with Crippen molar-refractivity contribution in [3.63, 3.8) is 0 Å². The zero-order valence-electron chi connectivity index (χ0n) is 8.86. The van der Waals surface area contributed by atoms with Crippen LogP contribution in [0, 0.1) is 0 Å². The number of carbonyl (C=O) groups excluding carboxylic acids is 2. The fourth-order valence-electron chi connectivity index (χ4n) is 0.841. The Kier molecular flexibility index (Phi) is 4.64. The molecule has 0 unspecified atom stereocenters. The van der Waals surface area contributed by atoms with Gasteiger partial charge in [-0.1, -0.05) is 11.6 Å². The largest absolute Gasteiger partial charge is 0.338 e. The molecule has 0 radical (unpaired) electrons. The molecule has 0 saturated heterocycles. The van der Waals surface area contributed by atoms with Crippen molar-refractivity contribution in [1.82, 2.24) is 9.62 Å². The quantitative estimate of drug-likeness (QED) is 0.787. The van der Waals surface area contributed by atoms with E-state index in [1.54, 1.807) is 38.4 Å². The van der Waals surface area contributed by atoms with Crippen molar-refractivity contribution < 1.29 is 9.59 Å². The Morgan fingerprint density at radius 2 is 1.81 bits per heavy atom. The van der Waals surface area contributed by atoms with E-state index in [4.69, 9.17) is 11.6 Å². The summed E-state index contributed by atoms with van der Waals surface area (Å²) in [6.07, 6.45) is 0. The van der Waals surface area contributed by atoms with Gasteiger partial charge in [-0.2, -0.15) is 0 Å². The average Bonchev–Trinajstić information content (AvgIpc) is 2.26. The first-order valence-corrected chi connectivity index (χ1v) is 5.64. The summed E-state index contributed by atoms with van der Waals surface area (Å²) in [6, 6.07) is 6.43. The molecule has 1 aromatic rings. The summed E-state index contributed by atoms with van der Waals surface area (Å²) in [6.45, 7) is 0. The molecule has 0 heterocycles. The lowest BCUT2D eigenvalue weighted by Crippen LogP contribution is -2.24. The van der Waals surface area contributed by atoms with Gasteiger partial charge in [-0.05, 0) is 24.3 Å². The van der Waals surface area contributed by atoms with Crippen molar-refractivity contribution in [3.8, 4) is 0 Å². The molecule has 0 aliphatic rings. The van der Waals surface area contributed by atoms with E-state index in [1.165, 1.54) is 4.90 Å². The molecule has 1 N–H and O–H groups in total. The molecule has 6 heteroatoms. The lowest BCUT2D eigenvalue weighted by molar-refractivity contribution is 0.0984. The molecule has 2 amide bonds. The van der Waals surface area contributed by atoms with Crippen LogP contribution in [0.1, 0.15) is 10.4 Å². The van der Waals surface area contributed by atoms with E-state index in [9.17, 15) is 9.59 Å². The highest BCUT2D eigenvalue weighted by atomic mass is 35.5. The van der Waals surface area contributed by atoms with Gasteiger partial charge in [0.2, 0.25) is 0 Å². The molecule has 0 aliphatic heterocycles. The average molecular weight is 259 g/mol. The van der Waals surface area contributed by atoms with E-state index < -0.39 is 0 Å². The second kappa shape index (κ2) is 5.77. The number of benzene rings is 1. The van der Waals surface area contributed by atoms with Gasteiger partial charge >= 0.3 is 5.24 Å². The van der Waals surface area contributed by atoms with Crippen molar-refractivity contribution in [2.45, 2.75) is 0 Å². The van der Waals surface area contributed by atoms with Crippen LogP contribution in [0.5, 0.6) is 0 Å². The number of amides is 2. The molecule has 1 rings (SSSR count). The maximum Gasteiger partial charge on any atom is 0.301 e. The third kappa shape index (κ3) is 3.75. The van der Waals surface area contributed by atoms with Gasteiger partial charge in [0.05, 0.1) is 11.9 Å². The molecule has 0 aliphatic carbocycles. The molecule has 0 fully saturated rings. The Morgan fingerprint density at radius 1 is 1.25 bits per heavy atom. The zero-order chi connectivity index (χ0) is 12.1. The summed E-state index contributed by atoms with van der Waals surface area (Å²) in [5, 5.41) is 0.330. The minimum atomic E-state index is -0.322. The maximum atomic E-state index is 11.5. The number of hydrogen-bond acceptors (Lipinski definition) is 3. The Hall–Kier alpha value is -1.20. The predicted molar refractivity (Wildman–Crippen MR) is 65.6 cm³/mol. The molecule has 86 valence electrons. The number of halogens is 1. The van der Waals surface area contributed by atoms with E-state index in [2.05, 4.69) is 4.72 Å². The van der Waals surface area contributed by atoms with Crippen molar-refractivity contribution in [2.24, 2.45) is 0 Å². The number of hydrogen-bond donors (Lipinski definition) is 1. The lowest BCUT2D eigenvalue weighted by atomic mass is 10.2. The Bertz CT molecular complexity index is 392. The first-order chi connectivity index (χ1) is 7.50. The second-order valence-corrected chi connectivity index (χ2v) is 4.39. The number of nitrogens with one attached hydrogen (secondary N) is 1. The van der Waals surface area contributed by atoms with Crippen LogP contribution in [-0.4, -0.2) is 30.1 Å². The van der Waals surface area contributed by atoms with Gasteiger partial charge in [-0.25, -0.2) is 0 Å². The van der Waals surface area contributed by atoms with Gasteiger partial charge in [0.1, 0.15) is 0 Å². The molecule has 16 heavy (non-hydrogen) atoms. The van der Waals surface area contributed by atoms with Crippen LogP contribution in [0.2, 0.25) is 5.02 Å². The monoisotopic (exact) mass is 258 g/mol. The molecule has 0 aromatic heterocycles. The van der Waals surface area contributed by atoms with Gasteiger partial charge in [0.25, 0.3) is 5.91 Å². The summed E-state index contributed by atoms with van der Waals surface area (Å²) in [5.74, 6) is -0.322. The van der Waals surface area contributed by atoms with Crippen LogP contribution in [0.4, 0.5) is 4.79 Å². The fraction of sp³-hybridized carbons (Fsp3) is 0.200. The lowest BCUT2D eigenvalue weighted by Gasteiger charge is -2.09. The molecule has 0 spiro atoms. The van der Waals surface area contributed by atoms with Gasteiger partial charge in [0.15, 0.2) is 0 Å². The van der Waals surface area contributed by atoms with Gasteiger partial charge < -0.3 is 4.90 Å². The van der Waals surface area contributed by atoms with Crippen LogP contribution >= 0.6 is 23.5 Å². The highest BCUT2D eigenvalue weighted by Gasteiger charge is 2.09. The topological polar surface area (TPSA) is 49.4 Å². The maximum absolute atomic E-state index is 11.5. The Labute approximate surface area is 103 Å². The van der Waals surface area contributed by atoms with Crippen molar-refractivity contribution in [2.75, 3.05) is 14.1 Å². The van der Waals surface area contributed by atoms with E-state index in [-0.39, 0.29) is 11.1 Å². The second-order valence-electron chi connectivity index (χ2n) is 3.20. The van der Waals surface area contributed by atoms with Crippen molar-refractivity contribution >= 4 is 34.7 Å². The smallest absolute Gasteiger partial charge is 0.301 e. The van der Waals surface area contributed by atoms with E-state index >= 15 is 0 Å². The molecular formula is C10H11ClN2O2S. The molecule has 0 bridgehead atoms. The van der Waals surface area contributed by atoms with Crippen LogP contribution in [0.15, 0.2) is 24.3 Å². The first-order valence-electron chi connectivity index (χ1n) is 4.44. The summed E-state index contributed by atoms with van der Waals surface area (Å²) in [7, 11) is 3.23. The highest BCUT2D eigenvalue weighted by Crippen LogP contribution is 2.10. The third-order valence-electron chi connectivity index (χ3n) is 1.70. The fourth-order valence-corrected chi connectivity index (χ4v) is 1.45. The van der Waals surface area contributed by atoms with Crippen LogP contribution in [-0.2, 0) is 0 Å². The zero-order valence-corrected chi connectivity index (χ0v) is 10.4. The van der Waals surface area contributed by atoms with Crippen LogP contribution in [0.25, 0.3) is 0 Å². The standard InChI is InChI=1S/C10H11ClN2O2S/c1-13(2)10(15)16-12-9(14)7-3-5-8(11)6-4-7/h3-6H,1-2H3,(H,12,14). The number of rotatable bonds is 1. The molecule has 0 atom stereocenters. The number of nitrogens with zero attached hydrogens (tertiary/aromatic N) is 1. The SMILES string of the molecule is CN(C)C(=O)SNC(=O)c1ccc(Cl)cc1. The molecular weight excluding hydrogens is 248 g/mol.